The predicted molar refractivity (Wildman–Crippen MR) is 88.5 cm³/mol. The zero-order valence-corrected chi connectivity index (χ0v) is 13.4. The quantitative estimate of drug-likeness (QED) is 0.817. The Bertz CT molecular complexity index is 402. The van der Waals surface area contributed by atoms with Crippen LogP contribution in [0.1, 0.15) is 44.6 Å². The molecule has 1 aliphatic rings. The Kier molecular flexibility index (Phi) is 5.90. The minimum Gasteiger partial charge on any atom is -0.371 e. The lowest BCUT2D eigenvalue weighted by atomic mass is 9.94. The minimum absolute atomic E-state index is 0.691. The maximum atomic E-state index is 3.56. The van der Waals surface area contributed by atoms with Crippen LogP contribution in [0.3, 0.4) is 0 Å². The van der Waals surface area contributed by atoms with Crippen molar-refractivity contribution < 1.29 is 0 Å². The molecule has 1 saturated carbocycles. The molecule has 0 spiro atoms. The summed E-state index contributed by atoms with van der Waals surface area (Å²) in [6.45, 7) is 6.73. The lowest BCUT2D eigenvalue weighted by Gasteiger charge is -2.32. The zero-order valence-electron chi connectivity index (χ0n) is 13.4. The van der Waals surface area contributed by atoms with Gasteiger partial charge < -0.3 is 10.2 Å². The topological polar surface area (TPSA) is 15.3 Å². The van der Waals surface area contributed by atoms with E-state index in [1.807, 2.05) is 0 Å². The number of hydrogen-bond acceptors (Lipinski definition) is 2. The third kappa shape index (κ3) is 3.99. The summed E-state index contributed by atoms with van der Waals surface area (Å²) >= 11 is 0. The highest BCUT2D eigenvalue weighted by Gasteiger charge is 2.24. The van der Waals surface area contributed by atoms with E-state index >= 15 is 0 Å². The lowest BCUT2D eigenvalue weighted by Crippen LogP contribution is -2.40. The van der Waals surface area contributed by atoms with Gasteiger partial charge in [-0.3, -0.25) is 0 Å². The first-order valence-corrected chi connectivity index (χ1v) is 8.23. The Labute approximate surface area is 124 Å². The van der Waals surface area contributed by atoms with Crippen LogP contribution in [0.25, 0.3) is 0 Å². The van der Waals surface area contributed by atoms with Crippen LogP contribution in [-0.2, 0) is 0 Å². The van der Waals surface area contributed by atoms with Gasteiger partial charge in [0.15, 0.2) is 0 Å². The first-order valence-electron chi connectivity index (χ1n) is 8.23. The molecule has 20 heavy (non-hydrogen) atoms. The van der Waals surface area contributed by atoms with Crippen LogP contribution in [-0.4, -0.2) is 26.2 Å². The van der Waals surface area contributed by atoms with Crippen LogP contribution in [0.15, 0.2) is 24.3 Å². The van der Waals surface area contributed by atoms with E-state index in [1.54, 1.807) is 0 Å². The summed E-state index contributed by atoms with van der Waals surface area (Å²) in [6.07, 6.45) is 6.90. The summed E-state index contributed by atoms with van der Waals surface area (Å²) in [4.78, 5) is 2.55. The van der Waals surface area contributed by atoms with Gasteiger partial charge in [0.1, 0.15) is 0 Å². The fourth-order valence-corrected chi connectivity index (χ4v) is 3.51. The van der Waals surface area contributed by atoms with Crippen molar-refractivity contribution in [3.05, 3.63) is 29.8 Å². The number of anilines is 1. The fourth-order valence-electron chi connectivity index (χ4n) is 3.51. The highest BCUT2D eigenvalue weighted by molar-refractivity contribution is 5.48. The summed E-state index contributed by atoms with van der Waals surface area (Å²) in [5, 5.41) is 3.56. The molecule has 1 fully saturated rings. The number of rotatable bonds is 5. The second-order valence-corrected chi connectivity index (χ2v) is 6.17. The van der Waals surface area contributed by atoms with E-state index in [0.717, 1.165) is 12.5 Å². The number of aryl methyl sites for hydroxylation is 1. The molecule has 2 atom stereocenters. The number of nitrogens with zero attached hydrogens (tertiary/aromatic N) is 1. The molecule has 1 N–H and O–H groups in total. The third-order valence-electron chi connectivity index (χ3n) is 4.73. The Morgan fingerprint density at radius 2 is 2.00 bits per heavy atom. The van der Waals surface area contributed by atoms with Gasteiger partial charge in [-0.05, 0) is 57.4 Å². The molecule has 2 rings (SSSR count). The van der Waals surface area contributed by atoms with E-state index in [9.17, 15) is 0 Å². The molecule has 1 aromatic rings. The fraction of sp³-hybridized carbons (Fsp3) is 0.667. The SMILES string of the molecule is CCN(CC1CCCCCC1NC)c1cccc(C)c1. The first-order chi connectivity index (χ1) is 9.74. The summed E-state index contributed by atoms with van der Waals surface area (Å²) in [7, 11) is 2.13. The summed E-state index contributed by atoms with van der Waals surface area (Å²) in [6, 6.07) is 9.61. The van der Waals surface area contributed by atoms with Crippen molar-refractivity contribution >= 4 is 5.69 Å². The molecule has 0 amide bonds. The van der Waals surface area contributed by atoms with Crippen molar-refractivity contribution in [1.29, 1.82) is 0 Å². The van der Waals surface area contributed by atoms with Crippen LogP contribution in [0.4, 0.5) is 5.69 Å². The molecule has 2 heteroatoms. The Balaban J connectivity index is 2.07. The van der Waals surface area contributed by atoms with Gasteiger partial charge in [0.05, 0.1) is 0 Å². The van der Waals surface area contributed by atoms with E-state index in [2.05, 4.69) is 55.4 Å². The van der Waals surface area contributed by atoms with Gasteiger partial charge in [0, 0.05) is 24.8 Å². The van der Waals surface area contributed by atoms with E-state index < -0.39 is 0 Å². The maximum absolute atomic E-state index is 3.56. The molecule has 1 aliphatic carbocycles. The summed E-state index contributed by atoms with van der Waals surface area (Å²) < 4.78 is 0. The molecule has 0 saturated heterocycles. The van der Waals surface area contributed by atoms with Gasteiger partial charge in [-0.25, -0.2) is 0 Å². The highest BCUT2D eigenvalue weighted by atomic mass is 15.1. The molecule has 112 valence electrons. The molecule has 0 radical (unpaired) electrons. The Morgan fingerprint density at radius 3 is 2.70 bits per heavy atom. The molecule has 1 aromatic carbocycles. The highest BCUT2D eigenvalue weighted by Crippen LogP contribution is 2.26. The van der Waals surface area contributed by atoms with Gasteiger partial charge in [-0.1, -0.05) is 31.4 Å². The van der Waals surface area contributed by atoms with Gasteiger partial charge >= 0.3 is 0 Å². The van der Waals surface area contributed by atoms with Gasteiger partial charge in [0.25, 0.3) is 0 Å². The summed E-state index contributed by atoms with van der Waals surface area (Å²) in [5.41, 5.74) is 2.73. The molecule has 0 aliphatic heterocycles. The number of benzene rings is 1. The smallest absolute Gasteiger partial charge is 0.0368 e. The molecule has 2 nitrogen and oxygen atoms in total. The standard InChI is InChI=1S/C18H30N2/c1-4-20(17-11-8-9-15(2)13-17)14-16-10-6-5-7-12-18(16)19-3/h8-9,11,13,16,18-19H,4-7,10,12,14H2,1-3H3. The molecular formula is C18H30N2. The van der Waals surface area contributed by atoms with Crippen LogP contribution in [0.5, 0.6) is 0 Å². The predicted octanol–water partition coefficient (Wildman–Crippen LogP) is 3.99. The normalized spacial score (nSPS) is 23.4. The zero-order chi connectivity index (χ0) is 14.4. The third-order valence-corrected chi connectivity index (χ3v) is 4.73. The van der Waals surface area contributed by atoms with Gasteiger partial charge in [0.2, 0.25) is 0 Å². The van der Waals surface area contributed by atoms with Crippen molar-refractivity contribution in [2.45, 2.75) is 52.0 Å². The number of nitrogens with one attached hydrogen (secondary N) is 1. The largest absolute Gasteiger partial charge is 0.371 e. The van der Waals surface area contributed by atoms with E-state index in [1.165, 1.54) is 49.9 Å². The van der Waals surface area contributed by atoms with Gasteiger partial charge in [-0.15, -0.1) is 0 Å². The Morgan fingerprint density at radius 1 is 1.20 bits per heavy atom. The average molecular weight is 274 g/mol. The van der Waals surface area contributed by atoms with E-state index in [0.29, 0.717) is 6.04 Å². The summed E-state index contributed by atoms with van der Waals surface area (Å²) in [5.74, 6) is 0.781. The van der Waals surface area contributed by atoms with Crippen molar-refractivity contribution in [2.24, 2.45) is 5.92 Å². The van der Waals surface area contributed by atoms with Gasteiger partial charge in [-0.2, -0.15) is 0 Å². The maximum Gasteiger partial charge on any atom is 0.0368 e. The second kappa shape index (κ2) is 7.68. The van der Waals surface area contributed by atoms with Crippen molar-refractivity contribution in [1.82, 2.24) is 5.32 Å². The first kappa shape index (κ1) is 15.4. The monoisotopic (exact) mass is 274 g/mol. The van der Waals surface area contributed by atoms with Crippen molar-refractivity contribution in [2.75, 3.05) is 25.0 Å². The molecule has 0 heterocycles. The van der Waals surface area contributed by atoms with Crippen LogP contribution < -0.4 is 10.2 Å². The average Bonchev–Trinajstić information content (AvgIpc) is 2.69. The molecular weight excluding hydrogens is 244 g/mol. The van der Waals surface area contributed by atoms with Crippen LogP contribution in [0, 0.1) is 12.8 Å². The molecule has 0 aromatic heterocycles. The lowest BCUT2D eigenvalue weighted by molar-refractivity contribution is 0.353. The van der Waals surface area contributed by atoms with Crippen LogP contribution >= 0.6 is 0 Å². The Hall–Kier alpha value is -1.02. The van der Waals surface area contributed by atoms with E-state index in [-0.39, 0.29) is 0 Å². The minimum atomic E-state index is 0.691. The second-order valence-electron chi connectivity index (χ2n) is 6.17. The molecule has 0 bridgehead atoms. The van der Waals surface area contributed by atoms with E-state index in [4.69, 9.17) is 0 Å². The number of hydrogen-bond donors (Lipinski definition) is 1. The van der Waals surface area contributed by atoms with Crippen LogP contribution in [0.2, 0.25) is 0 Å². The molecule has 2 unspecified atom stereocenters. The van der Waals surface area contributed by atoms with Crippen molar-refractivity contribution in [3.8, 4) is 0 Å². The van der Waals surface area contributed by atoms with Crippen molar-refractivity contribution in [3.63, 3.8) is 0 Å².